The Bertz CT molecular complexity index is 967. The van der Waals surface area contributed by atoms with Crippen LogP contribution in [0.5, 0.6) is 0 Å². The van der Waals surface area contributed by atoms with Gasteiger partial charge in [0.2, 0.25) is 0 Å². The van der Waals surface area contributed by atoms with E-state index in [4.69, 9.17) is 9.15 Å². The quantitative estimate of drug-likeness (QED) is 0.660. The third-order valence-corrected chi connectivity index (χ3v) is 4.57. The van der Waals surface area contributed by atoms with Gasteiger partial charge < -0.3 is 14.5 Å². The highest BCUT2D eigenvalue weighted by atomic mass is 16.5. The van der Waals surface area contributed by atoms with Crippen molar-refractivity contribution in [3.05, 3.63) is 64.9 Å². The molecule has 1 heterocycles. The van der Waals surface area contributed by atoms with Crippen molar-refractivity contribution in [3.63, 3.8) is 0 Å². The molecule has 1 aromatic heterocycles. The predicted octanol–water partition coefficient (Wildman–Crippen LogP) is 4.34. The number of nitrogens with one attached hydrogen (secondary N) is 1. The third-order valence-electron chi connectivity index (χ3n) is 4.57. The number of esters is 1. The average Bonchev–Trinajstić information content (AvgIpc) is 3.05. The molecule has 0 aliphatic rings. The van der Waals surface area contributed by atoms with Crippen molar-refractivity contribution < 1.29 is 18.7 Å². The molecule has 5 nitrogen and oxygen atoms in total. The first-order valence-electron chi connectivity index (χ1n) is 8.98. The minimum Gasteiger partial charge on any atom is -0.464 e. The molecule has 0 radical (unpaired) electrons. The number of carbonyl (C=O) groups is 2. The molecule has 5 heteroatoms. The maximum Gasteiger partial charge on any atom is 0.310 e. The maximum atomic E-state index is 12.1. The summed E-state index contributed by atoms with van der Waals surface area (Å²) in [5.41, 5.74) is 5.37. The standard InChI is InChI=1S/C22H23NO4/c1-4-16-8-9-18-17(12-26-19(18)10-16)11-21(25)27-13-20(24)23-22-14(2)6-5-7-15(22)3/h5-10,12H,4,11,13H2,1-3H3,(H,23,24). The maximum absolute atomic E-state index is 12.1. The second kappa shape index (κ2) is 8.08. The van der Waals surface area contributed by atoms with Gasteiger partial charge in [-0.25, -0.2) is 0 Å². The van der Waals surface area contributed by atoms with Crippen LogP contribution in [0.2, 0.25) is 0 Å². The molecule has 27 heavy (non-hydrogen) atoms. The van der Waals surface area contributed by atoms with Crippen LogP contribution in [0.25, 0.3) is 11.0 Å². The Morgan fingerprint density at radius 1 is 1.11 bits per heavy atom. The van der Waals surface area contributed by atoms with Crippen molar-refractivity contribution in [2.24, 2.45) is 0 Å². The SMILES string of the molecule is CCc1ccc2c(CC(=O)OCC(=O)Nc3c(C)cccc3C)coc2c1. The summed E-state index contributed by atoms with van der Waals surface area (Å²) < 4.78 is 10.7. The summed E-state index contributed by atoms with van der Waals surface area (Å²) in [5.74, 6) is -0.820. The van der Waals surface area contributed by atoms with E-state index in [9.17, 15) is 9.59 Å². The normalized spacial score (nSPS) is 10.8. The first-order valence-corrected chi connectivity index (χ1v) is 8.98. The fraction of sp³-hybridized carbons (Fsp3) is 0.273. The van der Waals surface area contributed by atoms with E-state index in [1.807, 2.05) is 50.2 Å². The monoisotopic (exact) mass is 365 g/mol. The molecule has 0 fully saturated rings. The van der Waals surface area contributed by atoms with Crippen molar-refractivity contribution in [2.75, 3.05) is 11.9 Å². The molecule has 0 saturated carbocycles. The molecular weight excluding hydrogens is 342 g/mol. The molecule has 1 amide bonds. The van der Waals surface area contributed by atoms with Crippen molar-refractivity contribution in [1.82, 2.24) is 0 Å². The van der Waals surface area contributed by atoms with Gasteiger partial charge in [0.15, 0.2) is 6.61 Å². The summed E-state index contributed by atoms with van der Waals surface area (Å²) in [4.78, 5) is 24.2. The van der Waals surface area contributed by atoms with Crippen LogP contribution in [-0.4, -0.2) is 18.5 Å². The van der Waals surface area contributed by atoms with E-state index in [1.54, 1.807) is 6.26 Å². The minimum atomic E-state index is -0.464. The average molecular weight is 365 g/mol. The van der Waals surface area contributed by atoms with Gasteiger partial charge >= 0.3 is 5.97 Å². The first-order chi connectivity index (χ1) is 13.0. The largest absolute Gasteiger partial charge is 0.464 e. The molecule has 0 unspecified atom stereocenters. The van der Waals surface area contributed by atoms with Crippen molar-refractivity contribution in [3.8, 4) is 0 Å². The summed E-state index contributed by atoms with van der Waals surface area (Å²) >= 11 is 0. The van der Waals surface area contributed by atoms with E-state index >= 15 is 0 Å². The van der Waals surface area contributed by atoms with Crippen molar-refractivity contribution in [2.45, 2.75) is 33.6 Å². The Morgan fingerprint density at radius 2 is 1.85 bits per heavy atom. The summed E-state index contributed by atoms with van der Waals surface area (Å²) in [5, 5.41) is 3.69. The Kier molecular flexibility index (Phi) is 5.60. The molecule has 3 rings (SSSR count). The van der Waals surface area contributed by atoms with Crippen LogP contribution < -0.4 is 5.32 Å². The van der Waals surface area contributed by atoms with Crippen LogP contribution in [0.3, 0.4) is 0 Å². The summed E-state index contributed by atoms with van der Waals surface area (Å²) in [6.45, 7) is 5.60. The number of hydrogen-bond acceptors (Lipinski definition) is 4. The molecule has 0 aliphatic heterocycles. The van der Waals surface area contributed by atoms with Gasteiger partial charge in [-0.15, -0.1) is 0 Å². The lowest BCUT2D eigenvalue weighted by Gasteiger charge is -2.11. The topological polar surface area (TPSA) is 68.5 Å². The predicted molar refractivity (Wildman–Crippen MR) is 105 cm³/mol. The van der Waals surface area contributed by atoms with E-state index in [0.717, 1.165) is 39.8 Å². The Labute approximate surface area is 158 Å². The van der Waals surface area contributed by atoms with Gasteiger partial charge in [-0.2, -0.15) is 0 Å². The Hall–Kier alpha value is -3.08. The second-order valence-corrected chi connectivity index (χ2v) is 6.60. The van der Waals surface area contributed by atoms with E-state index in [2.05, 4.69) is 12.2 Å². The van der Waals surface area contributed by atoms with Crippen LogP contribution in [0, 0.1) is 13.8 Å². The summed E-state index contributed by atoms with van der Waals surface area (Å²) in [7, 11) is 0. The Morgan fingerprint density at radius 3 is 2.56 bits per heavy atom. The molecule has 0 spiro atoms. The lowest BCUT2D eigenvalue weighted by Crippen LogP contribution is -2.22. The summed E-state index contributed by atoms with van der Waals surface area (Å²) in [6.07, 6.45) is 2.56. The van der Waals surface area contributed by atoms with Crippen molar-refractivity contribution >= 4 is 28.5 Å². The Balaban J connectivity index is 1.57. The van der Waals surface area contributed by atoms with Crippen LogP contribution in [0.1, 0.15) is 29.2 Å². The zero-order valence-corrected chi connectivity index (χ0v) is 15.8. The van der Waals surface area contributed by atoms with Crippen LogP contribution >= 0.6 is 0 Å². The number of carbonyl (C=O) groups excluding carboxylic acids is 2. The van der Waals surface area contributed by atoms with Gasteiger partial charge in [-0.05, 0) is 43.0 Å². The molecule has 0 saturated heterocycles. The molecule has 3 aromatic rings. The molecule has 140 valence electrons. The third kappa shape index (κ3) is 4.37. The lowest BCUT2D eigenvalue weighted by atomic mass is 10.1. The summed E-state index contributed by atoms with van der Waals surface area (Å²) in [6, 6.07) is 11.7. The highest BCUT2D eigenvalue weighted by Crippen LogP contribution is 2.23. The zero-order chi connectivity index (χ0) is 19.4. The number of furan rings is 1. The van der Waals surface area contributed by atoms with Gasteiger partial charge in [0.1, 0.15) is 5.58 Å². The van der Waals surface area contributed by atoms with Crippen LogP contribution in [-0.2, 0) is 27.2 Å². The van der Waals surface area contributed by atoms with Crippen molar-refractivity contribution in [1.29, 1.82) is 0 Å². The van der Waals surface area contributed by atoms with E-state index in [0.29, 0.717) is 0 Å². The minimum absolute atomic E-state index is 0.0646. The highest BCUT2D eigenvalue weighted by molar-refractivity contribution is 5.94. The first kappa shape index (κ1) is 18.7. The number of fused-ring (bicyclic) bond motifs is 1. The smallest absolute Gasteiger partial charge is 0.310 e. The number of benzene rings is 2. The van der Waals surface area contributed by atoms with Gasteiger partial charge in [0.25, 0.3) is 5.91 Å². The molecule has 0 bridgehead atoms. The number of aryl methyl sites for hydroxylation is 3. The second-order valence-electron chi connectivity index (χ2n) is 6.60. The number of para-hydroxylation sites is 1. The number of anilines is 1. The lowest BCUT2D eigenvalue weighted by molar-refractivity contribution is -0.146. The van der Waals surface area contributed by atoms with Gasteiger partial charge in [0, 0.05) is 16.6 Å². The molecule has 0 aliphatic carbocycles. The van der Waals surface area contributed by atoms with E-state index < -0.39 is 5.97 Å². The fourth-order valence-electron chi connectivity index (χ4n) is 3.02. The van der Waals surface area contributed by atoms with E-state index in [-0.39, 0.29) is 18.9 Å². The number of amides is 1. The fourth-order valence-corrected chi connectivity index (χ4v) is 3.02. The molecule has 0 atom stereocenters. The van der Waals surface area contributed by atoms with Gasteiger partial charge in [0.05, 0.1) is 12.7 Å². The molecular formula is C22H23NO4. The highest BCUT2D eigenvalue weighted by Gasteiger charge is 2.14. The number of rotatable bonds is 6. The van der Waals surface area contributed by atoms with Crippen LogP contribution in [0.15, 0.2) is 47.1 Å². The number of ether oxygens (including phenoxy) is 1. The zero-order valence-electron chi connectivity index (χ0n) is 15.8. The van der Waals surface area contributed by atoms with Gasteiger partial charge in [-0.1, -0.05) is 37.3 Å². The molecule has 2 aromatic carbocycles. The molecule has 1 N–H and O–H groups in total. The van der Waals surface area contributed by atoms with E-state index in [1.165, 1.54) is 5.56 Å². The number of hydrogen-bond donors (Lipinski definition) is 1. The van der Waals surface area contributed by atoms with Crippen LogP contribution in [0.4, 0.5) is 5.69 Å². The van der Waals surface area contributed by atoms with Gasteiger partial charge in [-0.3, -0.25) is 9.59 Å².